The Kier molecular flexibility index (Phi) is 5.65. The third kappa shape index (κ3) is 4.42. The van der Waals surface area contributed by atoms with Crippen molar-refractivity contribution < 1.29 is 8.42 Å². The summed E-state index contributed by atoms with van der Waals surface area (Å²) in [5.74, 6) is 0.573. The first-order valence-corrected chi connectivity index (χ1v) is 9.35. The van der Waals surface area contributed by atoms with Gasteiger partial charge in [0.2, 0.25) is 10.0 Å². The second-order valence-corrected chi connectivity index (χ2v) is 8.14. The number of nitrogens with one attached hydrogen (secondary N) is 2. The zero-order chi connectivity index (χ0) is 15.5. The van der Waals surface area contributed by atoms with E-state index in [-0.39, 0.29) is 0 Å². The smallest absolute Gasteiger partial charge is 0.241 e. The van der Waals surface area contributed by atoms with Gasteiger partial charge in [-0.15, -0.1) is 0 Å². The average molecular weight is 376 g/mol. The highest BCUT2D eigenvalue weighted by molar-refractivity contribution is 9.10. The second kappa shape index (κ2) is 7.09. The minimum atomic E-state index is -3.48. The Balaban J connectivity index is 2.05. The summed E-state index contributed by atoms with van der Waals surface area (Å²) >= 11 is 3.33. The SMILES string of the molecule is CN(C)c1ccc(Br)c(S(=O)(=O)NCCC2CCNC2)c1. The van der Waals surface area contributed by atoms with Crippen LogP contribution in [0.2, 0.25) is 0 Å². The molecule has 1 aliphatic heterocycles. The second-order valence-electron chi connectivity index (χ2n) is 5.55. The predicted octanol–water partition coefficient (Wildman–Crippen LogP) is 1.79. The molecule has 1 atom stereocenters. The largest absolute Gasteiger partial charge is 0.378 e. The summed E-state index contributed by atoms with van der Waals surface area (Å²) in [6, 6.07) is 5.33. The maximum Gasteiger partial charge on any atom is 0.241 e. The van der Waals surface area contributed by atoms with Crippen molar-refractivity contribution in [1.29, 1.82) is 0 Å². The first-order valence-electron chi connectivity index (χ1n) is 7.07. The molecular weight excluding hydrogens is 354 g/mol. The maximum atomic E-state index is 12.4. The number of anilines is 1. The number of hydrogen-bond donors (Lipinski definition) is 2. The molecule has 21 heavy (non-hydrogen) atoms. The third-order valence-electron chi connectivity index (χ3n) is 3.73. The molecule has 7 heteroatoms. The van der Waals surface area contributed by atoms with E-state index in [9.17, 15) is 8.42 Å². The van der Waals surface area contributed by atoms with Crippen molar-refractivity contribution in [2.75, 3.05) is 38.6 Å². The van der Waals surface area contributed by atoms with E-state index in [0.29, 0.717) is 21.8 Å². The molecule has 1 aromatic rings. The summed E-state index contributed by atoms with van der Waals surface area (Å²) in [7, 11) is 0.295. The molecule has 1 aliphatic rings. The summed E-state index contributed by atoms with van der Waals surface area (Å²) < 4.78 is 28.1. The summed E-state index contributed by atoms with van der Waals surface area (Å²) in [5, 5.41) is 3.29. The van der Waals surface area contributed by atoms with Crippen molar-refractivity contribution in [3.63, 3.8) is 0 Å². The lowest BCUT2D eigenvalue weighted by atomic mass is 10.1. The molecular formula is C14H22BrN3O2S. The molecule has 1 saturated heterocycles. The Hall–Kier alpha value is -0.630. The van der Waals surface area contributed by atoms with Gasteiger partial charge in [-0.25, -0.2) is 13.1 Å². The minimum Gasteiger partial charge on any atom is -0.378 e. The maximum absolute atomic E-state index is 12.4. The molecule has 2 rings (SSSR count). The number of benzene rings is 1. The van der Waals surface area contributed by atoms with Gasteiger partial charge in [-0.1, -0.05) is 0 Å². The predicted molar refractivity (Wildman–Crippen MR) is 89.3 cm³/mol. The first kappa shape index (κ1) is 16.7. The third-order valence-corrected chi connectivity index (χ3v) is 6.18. The van der Waals surface area contributed by atoms with Crippen molar-refractivity contribution in [2.24, 2.45) is 5.92 Å². The lowest BCUT2D eigenvalue weighted by Crippen LogP contribution is -2.27. The van der Waals surface area contributed by atoms with E-state index in [2.05, 4.69) is 26.0 Å². The highest BCUT2D eigenvalue weighted by Crippen LogP contribution is 2.26. The van der Waals surface area contributed by atoms with Crippen LogP contribution in [0.15, 0.2) is 27.6 Å². The van der Waals surface area contributed by atoms with Gasteiger partial charge in [-0.2, -0.15) is 0 Å². The molecule has 0 aromatic heterocycles. The standard InChI is InChI=1S/C14H22BrN3O2S/c1-18(2)12-3-4-13(15)14(9-12)21(19,20)17-8-6-11-5-7-16-10-11/h3-4,9,11,16-17H,5-8,10H2,1-2H3. The Morgan fingerprint density at radius 1 is 1.43 bits per heavy atom. The Morgan fingerprint density at radius 3 is 2.81 bits per heavy atom. The molecule has 0 bridgehead atoms. The lowest BCUT2D eigenvalue weighted by molar-refractivity contribution is 0.519. The lowest BCUT2D eigenvalue weighted by Gasteiger charge is -2.16. The van der Waals surface area contributed by atoms with Gasteiger partial charge in [0.25, 0.3) is 0 Å². The molecule has 5 nitrogen and oxygen atoms in total. The van der Waals surface area contributed by atoms with Gasteiger partial charge in [0.1, 0.15) is 0 Å². The molecule has 0 spiro atoms. The summed E-state index contributed by atoms with van der Waals surface area (Å²) in [6.45, 7) is 2.50. The van der Waals surface area contributed by atoms with E-state index in [4.69, 9.17) is 0 Å². The topological polar surface area (TPSA) is 61.4 Å². The van der Waals surface area contributed by atoms with E-state index in [1.807, 2.05) is 25.1 Å². The van der Waals surface area contributed by atoms with Crippen LogP contribution in [0.1, 0.15) is 12.8 Å². The Bertz CT molecular complexity index is 584. The van der Waals surface area contributed by atoms with E-state index in [1.165, 1.54) is 0 Å². The Labute approximate surface area is 135 Å². The van der Waals surface area contributed by atoms with Crippen LogP contribution in [0, 0.1) is 5.92 Å². The van der Waals surface area contributed by atoms with E-state index in [1.54, 1.807) is 12.1 Å². The average Bonchev–Trinajstić information content (AvgIpc) is 2.91. The highest BCUT2D eigenvalue weighted by atomic mass is 79.9. The van der Waals surface area contributed by atoms with Gasteiger partial charge in [0, 0.05) is 30.8 Å². The van der Waals surface area contributed by atoms with Gasteiger partial charge >= 0.3 is 0 Å². The van der Waals surface area contributed by atoms with Crippen LogP contribution < -0.4 is 14.9 Å². The van der Waals surface area contributed by atoms with Crippen molar-refractivity contribution in [3.8, 4) is 0 Å². The normalized spacial score (nSPS) is 18.9. The van der Waals surface area contributed by atoms with Crippen molar-refractivity contribution >= 4 is 31.6 Å². The molecule has 1 fully saturated rings. The summed E-state index contributed by atoms with van der Waals surface area (Å²) in [5.41, 5.74) is 0.860. The van der Waals surface area contributed by atoms with Gasteiger partial charge in [-0.05, 0) is 66.0 Å². The van der Waals surface area contributed by atoms with Gasteiger partial charge in [0.15, 0.2) is 0 Å². The summed E-state index contributed by atoms with van der Waals surface area (Å²) in [4.78, 5) is 2.17. The fraction of sp³-hybridized carbons (Fsp3) is 0.571. The Morgan fingerprint density at radius 2 is 2.19 bits per heavy atom. The van der Waals surface area contributed by atoms with E-state index < -0.39 is 10.0 Å². The van der Waals surface area contributed by atoms with Crippen molar-refractivity contribution in [2.45, 2.75) is 17.7 Å². The number of hydrogen-bond acceptors (Lipinski definition) is 4. The molecule has 0 amide bonds. The molecule has 0 aliphatic carbocycles. The molecule has 0 radical (unpaired) electrons. The van der Waals surface area contributed by atoms with Crippen LogP contribution in [-0.4, -0.2) is 42.1 Å². The minimum absolute atomic E-state index is 0.290. The van der Waals surface area contributed by atoms with Crippen LogP contribution in [0.5, 0.6) is 0 Å². The van der Waals surface area contributed by atoms with Crippen molar-refractivity contribution in [1.82, 2.24) is 10.0 Å². The van der Waals surface area contributed by atoms with E-state index >= 15 is 0 Å². The number of rotatable bonds is 6. The van der Waals surface area contributed by atoms with Crippen LogP contribution in [-0.2, 0) is 10.0 Å². The van der Waals surface area contributed by atoms with Gasteiger partial charge in [0.05, 0.1) is 4.90 Å². The fourth-order valence-corrected chi connectivity index (χ4v) is 4.44. The van der Waals surface area contributed by atoms with Crippen LogP contribution in [0.4, 0.5) is 5.69 Å². The molecule has 0 saturated carbocycles. The number of nitrogens with zero attached hydrogens (tertiary/aromatic N) is 1. The zero-order valence-electron chi connectivity index (χ0n) is 12.4. The van der Waals surface area contributed by atoms with Gasteiger partial charge in [-0.3, -0.25) is 0 Å². The van der Waals surface area contributed by atoms with Crippen LogP contribution in [0.25, 0.3) is 0 Å². The van der Waals surface area contributed by atoms with Crippen LogP contribution >= 0.6 is 15.9 Å². The fourth-order valence-electron chi connectivity index (χ4n) is 2.41. The number of halogens is 1. The van der Waals surface area contributed by atoms with Crippen LogP contribution in [0.3, 0.4) is 0 Å². The van der Waals surface area contributed by atoms with E-state index in [0.717, 1.165) is 31.6 Å². The molecule has 1 heterocycles. The quantitative estimate of drug-likeness (QED) is 0.795. The molecule has 1 aromatic carbocycles. The highest BCUT2D eigenvalue weighted by Gasteiger charge is 2.20. The molecule has 2 N–H and O–H groups in total. The van der Waals surface area contributed by atoms with Crippen molar-refractivity contribution in [3.05, 3.63) is 22.7 Å². The first-order chi connectivity index (χ1) is 9.90. The zero-order valence-corrected chi connectivity index (χ0v) is 14.8. The molecule has 118 valence electrons. The number of sulfonamides is 1. The monoisotopic (exact) mass is 375 g/mol. The molecule has 1 unspecified atom stereocenters. The summed E-state index contributed by atoms with van der Waals surface area (Å²) in [6.07, 6.45) is 2.00. The van der Waals surface area contributed by atoms with Gasteiger partial charge < -0.3 is 10.2 Å².